The van der Waals surface area contributed by atoms with E-state index in [0.29, 0.717) is 20.7 Å². The topological polar surface area (TPSA) is 67.9 Å². The van der Waals surface area contributed by atoms with E-state index in [9.17, 15) is 9.59 Å². The Morgan fingerprint density at radius 3 is 2.50 bits per heavy atom. The molecule has 0 unspecified atom stereocenters. The molecule has 0 saturated carbocycles. The van der Waals surface area contributed by atoms with Crippen molar-refractivity contribution in [3.63, 3.8) is 0 Å². The van der Waals surface area contributed by atoms with Crippen LogP contribution in [0.15, 0.2) is 57.9 Å². The molecule has 1 aliphatic heterocycles. The summed E-state index contributed by atoms with van der Waals surface area (Å²) in [5.74, 6) is 0.423. The smallest absolute Gasteiger partial charge is 0.270 e. The predicted molar refractivity (Wildman–Crippen MR) is 162 cm³/mol. The first kappa shape index (κ1) is 27.9. The zero-order valence-electron chi connectivity index (χ0n) is 21.7. The molecule has 1 N–H and O–H groups in total. The van der Waals surface area contributed by atoms with Crippen LogP contribution in [0.25, 0.3) is 6.08 Å². The Morgan fingerprint density at radius 2 is 1.79 bits per heavy atom. The van der Waals surface area contributed by atoms with Gasteiger partial charge in [-0.3, -0.25) is 14.5 Å². The second-order valence-electron chi connectivity index (χ2n) is 8.88. The molecule has 1 saturated heterocycles. The fourth-order valence-electron chi connectivity index (χ4n) is 3.85. The first-order chi connectivity index (χ1) is 18.1. The fraction of sp³-hybridized carbons (Fsp3) is 0.207. The van der Waals surface area contributed by atoms with E-state index in [1.54, 1.807) is 29.2 Å². The lowest BCUT2D eigenvalue weighted by molar-refractivity contribution is -0.118. The SMILES string of the molecule is COc1cc(/C=C2/SC(=S)N(c3ccc(C)c(C)c3)C2=O)ccc1OCC(=O)Nc1ccc(Br)c(C)c1C. The van der Waals surface area contributed by atoms with E-state index in [4.69, 9.17) is 21.7 Å². The number of benzene rings is 3. The van der Waals surface area contributed by atoms with Crippen molar-refractivity contribution in [3.05, 3.63) is 85.7 Å². The molecule has 0 atom stereocenters. The number of rotatable bonds is 7. The van der Waals surface area contributed by atoms with Gasteiger partial charge in [-0.1, -0.05) is 52.0 Å². The Balaban J connectivity index is 1.46. The van der Waals surface area contributed by atoms with Crippen LogP contribution >= 0.6 is 39.9 Å². The van der Waals surface area contributed by atoms with Crippen molar-refractivity contribution in [3.8, 4) is 11.5 Å². The number of nitrogens with one attached hydrogen (secondary N) is 1. The van der Waals surface area contributed by atoms with Crippen LogP contribution < -0.4 is 19.7 Å². The molecule has 6 nitrogen and oxygen atoms in total. The Labute approximate surface area is 240 Å². The average Bonchev–Trinajstić information content (AvgIpc) is 3.17. The minimum atomic E-state index is -0.282. The second-order valence-corrected chi connectivity index (χ2v) is 11.4. The van der Waals surface area contributed by atoms with Crippen molar-refractivity contribution in [1.29, 1.82) is 0 Å². The van der Waals surface area contributed by atoms with Crippen molar-refractivity contribution in [2.75, 3.05) is 23.9 Å². The average molecular weight is 612 g/mol. The first-order valence-corrected chi connectivity index (χ1v) is 13.8. The molecule has 0 spiro atoms. The van der Waals surface area contributed by atoms with Gasteiger partial charge in [0.2, 0.25) is 0 Å². The molecule has 3 aromatic carbocycles. The lowest BCUT2D eigenvalue weighted by atomic mass is 10.1. The minimum absolute atomic E-state index is 0.169. The van der Waals surface area contributed by atoms with Crippen LogP contribution in [0.5, 0.6) is 11.5 Å². The summed E-state index contributed by atoms with van der Waals surface area (Å²) in [6, 6.07) is 14.9. The molecule has 1 heterocycles. The van der Waals surface area contributed by atoms with Gasteiger partial charge in [0.25, 0.3) is 11.8 Å². The summed E-state index contributed by atoms with van der Waals surface area (Å²) in [5.41, 5.74) is 6.54. The van der Waals surface area contributed by atoms with E-state index in [0.717, 1.165) is 43.7 Å². The number of hydrogen-bond acceptors (Lipinski definition) is 6. The van der Waals surface area contributed by atoms with Gasteiger partial charge in [0.1, 0.15) is 0 Å². The van der Waals surface area contributed by atoms with Crippen molar-refractivity contribution in [1.82, 2.24) is 0 Å². The van der Waals surface area contributed by atoms with Crippen molar-refractivity contribution >= 4 is 73.5 Å². The van der Waals surface area contributed by atoms with Crippen LogP contribution in [0, 0.1) is 27.7 Å². The normalized spacial score (nSPS) is 14.3. The molecule has 3 aromatic rings. The first-order valence-electron chi connectivity index (χ1n) is 11.8. The maximum atomic E-state index is 13.2. The summed E-state index contributed by atoms with van der Waals surface area (Å²) < 4.78 is 12.7. The van der Waals surface area contributed by atoms with Gasteiger partial charge >= 0.3 is 0 Å². The lowest BCUT2D eigenvalue weighted by Crippen LogP contribution is -2.27. The van der Waals surface area contributed by atoms with Crippen molar-refractivity contribution in [2.24, 2.45) is 0 Å². The maximum Gasteiger partial charge on any atom is 0.270 e. The lowest BCUT2D eigenvalue weighted by Gasteiger charge is -2.16. The maximum absolute atomic E-state index is 13.2. The molecule has 1 aliphatic rings. The van der Waals surface area contributed by atoms with Crippen LogP contribution in [-0.4, -0.2) is 29.9 Å². The van der Waals surface area contributed by atoms with Crippen LogP contribution in [0.3, 0.4) is 0 Å². The van der Waals surface area contributed by atoms with Crippen LogP contribution in [0.4, 0.5) is 11.4 Å². The van der Waals surface area contributed by atoms with Gasteiger partial charge < -0.3 is 14.8 Å². The number of hydrogen-bond donors (Lipinski definition) is 1. The largest absolute Gasteiger partial charge is 0.493 e. The van der Waals surface area contributed by atoms with Crippen LogP contribution in [0.1, 0.15) is 27.8 Å². The molecule has 0 radical (unpaired) electrons. The molecule has 9 heteroatoms. The highest BCUT2D eigenvalue weighted by atomic mass is 79.9. The number of thioether (sulfide) groups is 1. The third-order valence-electron chi connectivity index (χ3n) is 6.38. The number of amides is 2. The van der Waals surface area contributed by atoms with Gasteiger partial charge in [-0.05, 0) is 98.0 Å². The third kappa shape index (κ3) is 5.95. The summed E-state index contributed by atoms with van der Waals surface area (Å²) in [7, 11) is 1.53. The highest BCUT2D eigenvalue weighted by Gasteiger charge is 2.33. The van der Waals surface area contributed by atoms with Gasteiger partial charge in [-0.2, -0.15) is 0 Å². The highest BCUT2D eigenvalue weighted by molar-refractivity contribution is 9.10. The van der Waals surface area contributed by atoms with E-state index in [1.165, 1.54) is 18.9 Å². The zero-order chi connectivity index (χ0) is 27.6. The quantitative estimate of drug-likeness (QED) is 0.227. The molecule has 4 rings (SSSR count). The molecular weight excluding hydrogens is 584 g/mol. The van der Waals surface area contributed by atoms with Gasteiger partial charge in [-0.15, -0.1) is 0 Å². The molecule has 38 heavy (non-hydrogen) atoms. The van der Waals surface area contributed by atoms with Gasteiger partial charge in [0.05, 0.1) is 17.7 Å². The number of anilines is 2. The standard InChI is InChI=1S/C29H27BrN2O4S2/c1-16-6-8-21(12-17(16)2)32-28(34)26(38-29(32)37)14-20-7-11-24(25(13-20)35-5)36-15-27(33)31-23-10-9-22(30)18(3)19(23)4/h6-14H,15H2,1-5H3,(H,31,33)/b26-14+. The molecule has 0 aromatic heterocycles. The van der Waals surface area contributed by atoms with E-state index in [-0.39, 0.29) is 18.4 Å². The monoisotopic (exact) mass is 610 g/mol. The van der Waals surface area contributed by atoms with Gasteiger partial charge in [0, 0.05) is 10.2 Å². The Bertz CT molecular complexity index is 1490. The van der Waals surface area contributed by atoms with E-state index >= 15 is 0 Å². The second kappa shape index (κ2) is 11.7. The van der Waals surface area contributed by atoms with Crippen LogP contribution in [-0.2, 0) is 9.59 Å². The third-order valence-corrected chi connectivity index (χ3v) is 8.54. The van der Waals surface area contributed by atoms with Gasteiger partial charge in [-0.25, -0.2) is 0 Å². The zero-order valence-corrected chi connectivity index (χ0v) is 24.9. The highest BCUT2D eigenvalue weighted by Crippen LogP contribution is 2.37. The number of methoxy groups -OCH3 is 1. The minimum Gasteiger partial charge on any atom is -0.493 e. The number of aryl methyl sites for hydroxylation is 2. The number of carbonyl (C=O) groups excluding carboxylic acids is 2. The number of carbonyl (C=O) groups is 2. The summed E-state index contributed by atoms with van der Waals surface area (Å²) in [6.07, 6.45) is 1.78. The fourth-order valence-corrected chi connectivity index (χ4v) is 5.58. The summed E-state index contributed by atoms with van der Waals surface area (Å²) in [6.45, 7) is 7.79. The predicted octanol–water partition coefficient (Wildman–Crippen LogP) is 7.11. The number of thiocarbonyl (C=S) groups is 1. The summed E-state index contributed by atoms with van der Waals surface area (Å²) in [4.78, 5) is 27.8. The molecule has 2 amide bonds. The Hall–Kier alpha value is -3.14. The van der Waals surface area contributed by atoms with Crippen LogP contribution in [0.2, 0.25) is 0 Å². The Kier molecular flexibility index (Phi) is 8.60. The van der Waals surface area contributed by atoms with E-state index in [1.807, 2.05) is 58.0 Å². The summed E-state index contributed by atoms with van der Waals surface area (Å²) >= 11 is 10.3. The summed E-state index contributed by atoms with van der Waals surface area (Å²) in [5, 5.41) is 2.89. The molecule has 0 aliphatic carbocycles. The van der Waals surface area contributed by atoms with Gasteiger partial charge in [0.15, 0.2) is 22.4 Å². The van der Waals surface area contributed by atoms with E-state index in [2.05, 4.69) is 21.2 Å². The molecule has 196 valence electrons. The Morgan fingerprint density at radius 1 is 1.03 bits per heavy atom. The van der Waals surface area contributed by atoms with Crippen molar-refractivity contribution < 1.29 is 19.1 Å². The number of halogens is 1. The molecule has 0 bridgehead atoms. The number of nitrogens with zero attached hydrogens (tertiary/aromatic N) is 1. The molecular formula is C29H27BrN2O4S2. The van der Waals surface area contributed by atoms with E-state index < -0.39 is 0 Å². The molecule has 1 fully saturated rings. The number of ether oxygens (including phenoxy) is 2. The van der Waals surface area contributed by atoms with Crippen molar-refractivity contribution in [2.45, 2.75) is 27.7 Å².